The van der Waals surface area contributed by atoms with Gasteiger partial charge in [0.05, 0.1) is 24.8 Å². The van der Waals surface area contributed by atoms with Crippen LogP contribution in [0.2, 0.25) is 0 Å². The van der Waals surface area contributed by atoms with Crippen LogP contribution < -0.4 is 15.0 Å². The standard InChI is InChI=1S/C22H25N5O3/c1-30-17-4-2-3-15(7-17)9-22(13-27(14-22)19-10-23-5-6-24-19)21(29)26-11-16-8-20(28)25-18(16)12-26/h2-7,10,16,18H,8-9,11-14H2,1H3,(H,25,28)/t16-,18+/m0/s1. The molecule has 2 atom stereocenters. The highest BCUT2D eigenvalue weighted by atomic mass is 16.5. The number of carbonyl (C=O) groups is 2. The fourth-order valence-corrected chi connectivity index (χ4v) is 5.04. The number of nitrogens with zero attached hydrogens (tertiary/aromatic N) is 4. The first kappa shape index (κ1) is 18.8. The summed E-state index contributed by atoms with van der Waals surface area (Å²) in [5, 5.41) is 3.01. The summed E-state index contributed by atoms with van der Waals surface area (Å²) in [5.74, 6) is 2.07. The number of nitrogens with one attached hydrogen (secondary N) is 1. The minimum atomic E-state index is -0.521. The number of rotatable bonds is 5. The van der Waals surface area contributed by atoms with Gasteiger partial charge in [0.15, 0.2) is 0 Å². The van der Waals surface area contributed by atoms with Crippen molar-refractivity contribution in [1.29, 1.82) is 0 Å². The molecule has 3 fully saturated rings. The van der Waals surface area contributed by atoms with Crippen LogP contribution in [0.15, 0.2) is 42.9 Å². The van der Waals surface area contributed by atoms with Gasteiger partial charge in [-0.3, -0.25) is 14.6 Å². The number of methoxy groups -OCH3 is 1. The molecule has 0 spiro atoms. The van der Waals surface area contributed by atoms with E-state index in [1.807, 2.05) is 29.2 Å². The van der Waals surface area contributed by atoms with Crippen LogP contribution in [-0.4, -0.2) is 66.0 Å². The first-order valence-corrected chi connectivity index (χ1v) is 10.3. The molecule has 4 heterocycles. The third-order valence-corrected chi connectivity index (χ3v) is 6.51. The SMILES string of the molecule is COc1cccc(CC2(C(=O)N3C[C@@H]4CC(=O)N[C@@H]4C3)CN(c3cnccn3)C2)c1. The minimum Gasteiger partial charge on any atom is -0.497 e. The first-order valence-electron chi connectivity index (χ1n) is 10.3. The van der Waals surface area contributed by atoms with E-state index in [2.05, 4.69) is 20.2 Å². The Morgan fingerprint density at radius 1 is 1.30 bits per heavy atom. The number of fused-ring (bicyclic) bond motifs is 1. The Hall–Kier alpha value is -3.16. The second-order valence-electron chi connectivity index (χ2n) is 8.58. The lowest BCUT2D eigenvalue weighted by Gasteiger charge is -2.51. The minimum absolute atomic E-state index is 0.0893. The van der Waals surface area contributed by atoms with E-state index in [1.165, 1.54) is 0 Å². The molecule has 0 radical (unpaired) electrons. The summed E-state index contributed by atoms with van der Waals surface area (Å²) >= 11 is 0. The Morgan fingerprint density at radius 3 is 2.90 bits per heavy atom. The average Bonchev–Trinajstić information content (AvgIpc) is 3.28. The molecule has 156 valence electrons. The highest BCUT2D eigenvalue weighted by Crippen LogP contribution is 2.40. The van der Waals surface area contributed by atoms with Crippen molar-refractivity contribution in [3.63, 3.8) is 0 Å². The number of anilines is 1. The molecular formula is C22H25N5O3. The van der Waals surface area contributed by atoms with Crippen molar-refractivity contribution in [1.82, 2.24) is 20.2 Å². The Bertz CT molecular complexity index is 944. The number of hydrogen-bond acceptors (Lipinski definition) is 6. The van der Waals surface area contributed by atoms with Gasteiger partial charge in [0.25, 0.3) is 0 Å². The zero-order chi connectivity index (χ0) is 20.7. The Kier molecular flexibility index (Phi) is 4.56. The van der Waals surface area contributed by atoms with Gasteiger partial charge in [-0.2, -0.15) is 0 Å². The van der Waals surface area contributed by atoms with E-state index < -0.39 is 5.41 Å². The van der Waals surface area contributed by atoms with Gasteiger partial charge in [-0.15, -0.1) is 0 Å². The molecule has 2 aromatic rings. The zero-order valence-electron chi connectivity index (χ0n) is 17.0. The van der Waals surface area contributed by atoms with E-state index in [9.17, 15) is 9.59 Å². The van der Waals surface area contributed by atoms with E-state index in [0.717, 1.165) is 17.1 Å². The number of amides is 2. The molecule has 1 N–H and O–H groups in total. The highest BCUT2D eigenvalue weighted by molar-refractivity contribution is 5.88. The quantitative estimate of drug-likeness (QED) is 0.792. The van der Waals surface area contributed by atoms with Gasteiger partial charge >= 0.3 is 0 Å². The maximum absolute atomic E-state index is 13.7. The molecule has 1 aromatic carbocycles. The fraction of sp³-hybridized carbons (Fsp3) is 0.455. The molecule has 3 aliphatic heterocycles. The molecule has 0 aliphatic carbocycles. The number of hydrogen-bond donors (Lipinski definition) is 1. The van der Waals surface area contributed by atoms with Crippen molar-refractivity contribution >= 4 is 17.6 Å². The van der Waals surface area contributed by atoms with Gasteiger partial charge in [0, 0.05) is 50.9 Å². The van der Waals surface area contributed by atoms with E-state index in [0.29, 0.717) is 39.0 Å². The highest BCUT2D eigenvalue weighted by Gasteiger charge is 2.54. The van der Waals surface area contributed by atoms with Crippen LogP contribution in [0.3, 0.4) is 0 Å². The third kappa shape index (κ3) is 3.26. The summed E-state index contributed by atoms with van der Waals surface area (Å²) in [6, 6.07) is 8.00. The van der Waals surface area contributed by atoms with Crippen molar-refractivity contribution < 1.29 is 14.3 Å². The van der Waals surface area contributed by atoms with Crippen LogP contribution in [0.4, 0.5) is 5.82 Å². The molecule has 30 heavy (non-hydrogen) atoms. The van der Waals surface area contributed by atoms with Crippen LogP contribution in [0, 0.1) is 11.3 Å². The molecule has 3 saturated heterocycles. The molecule has 5 rings (SSSR count). The van der Waals surface area contributed by atoms with Crippen molar-refractivity contribution in [3.8, 4) is 5.75 Å². The lowest BCUT2D eigenvalue weighted by molar-refractivity contribution is -0.143. The van der Waals surface area contributed by atoms with Crippen molar-refractivity contribution in [3.05, 3.63) is 48.4 Å². The lowest BCUT2D eigenvalue weighted by Crippen LogP contribution is -2.65. The van der Waals surface area contributed by atoms with Gasteiger partial charge < -0.3 is 19.9 Å². The Morgan fingerprint density at radius 2 is 2.17 bits per heavy atom. The molecule has 0 unspecified atom stereocenters. The summed E-state index contributed by atoms with van der Waals surface area (Å²) in [7, 11) is 1.65. The zero-order valence-corrected chi connectivity index (χ0v) is 17.0. The maximum atomic E-state index is 13.7. The molecule has 3 aliphatic rings. The summed E-state index contributed by atoms with van der Waals surface area (Å²) in [5.41, 5.74) is 0.557. The number of likely N-dealkylation sites (tertiary alicyclic amines) is 1. The van der Waals surface area contributed by atoms with Gasteiger partial charge in [0.2, 0.25) is 11.8 Å². The summed E-state index contributed by atoms with van der Waals surface area (Å²) < 4.78 is 5.37. The van der Waals surface area contributed by atoms with E-state index in [-0.39, 0.29) is 23.8 Å². The van der Waals surface area contributed by atoms with Crippen LogP contribution >= 0.6 is 0 Å². The van der Waals surface area contributed by atoms with Crippen molar-refractivity contribution in [2.24, 2.45) is 11.3 Å². The Balaban J connectivity index is 1.38. The van der Waals surface area contributed by atoms with Gasteiger partial charge in [-0.05, 0) is 24.1 Å². The monoisotopic (exact) mass is 407 g/mol. The molecular weight excluding hydrogens is 382 g/mol. The predicted octanol–water partition coefficient (Wildman–Crippen LogP) is 0.881. The lowest BCUT2D eigenvalue weighted by atomic mass is 9.73. The second kappa shape index (κ2) is 7.27. The fourth-order valence-electron chi connectivity index (χ4n) is 5.04. The first-order chi connectivity index (χ1) is 14.6. The molecule has 8 heteroatoms. The molecule has 1 aromatic heterocycles. The Labute approximate surface area is 175 Å². The van der Waals surface area contributed by atoms with Gasteiger partial charge in [0.1, 0.15) is 11.6 Å². The number of ether oxygens (including phenoxy) is 1. The van der Waals surface area contributed by atoms with Crippen LogP contribution in [-0.2, 0) is 16.0 Å². The van der Waals surface area contributed by atoms with E-state index >= 15 is 0 Å². The molecule has 0 saturated carbocycles. The average molecular weight is 407 g/mol. The van der Waals surface area contributed by atoms with Crippen LogP contribution in [0.5, 0.6) is 5.75 Å². The molecule has 0 bridgehead atoms. The van der Waals surface area contributed by atoms with Crippen molar-refractivity contribution in [2.45, 2.75) is 18.9 Å². The predicted molar refractivity (Wildman–Crippen MR) is 110 cm³/mol. The maximum Gasteiger partial charge on any atom is 0.232 e. The number of benzene rings is 1. The number of carbonyl (C=O) groups excluding carboxylic acids is 2. The van der Waals surface area contributed by atoms with E-state index in [4.69, 9.17) is 4.74 Å². The largest absolute Gasteiger partial charge is 0.497 e. The van der Waals surface area contributed by atoms with Crippen molar-refractivity contribution in [2.75, 3.05) is 38.2 Å². The summed E-state index contributed by atoms with van der Waals surface area (Å²) in [4.78, 5) is 38.0. The molecule has 8 nitrogen and oxygen atoms in total. The van der Waals surface area contributed by atoms with Gasteiger partial charge in [-0.25, -0.2) is 4.98 Å². The second-order valence-corrected chi connectivity index (χ2v) is 8.58. The summed E-state index contributed by atoms with van der Waals surface area (Å²) in [6.45, 7) is 2.44. The van der Waals surface area contributed by atoms with Crippen LogP contribution in [0.1, 0.15) is 12.0 Å². The molecule has 2 amide bonds. The summed E-state index contributed by atoms with van der Waals surface area (Å²) in [6.07, 6.45) is 6.20. The van der Waals surface area contributed by atoms with E-state index in [1.54, 1.807) is 25.7 Å². The third-order valence-electron chi connectivity index (χ3n) is 6.51. The number of aromatic nitrogens is 2. The smallest absolute Gasteiger partial charge is 0.232 e. The van der Waals surface area contributed by atoms with Crippen LogP contribution in [0.25, 0.3) is 0 Å². The van der Waals surface area contributed by atoms with Gasteiger partial charge in [-0.1, -0.05) is 12.1 Å². The topological polar surface area (TPSA) is 87.7 Å². The normalized spacial score (nSPS) is 24.2.